The third kappa shape index (κ3) is 1.39. The molecule has 0 amide bonds. The molecule has 0 saturated carbocycles. The molecule has 0 unspecified atom stereocenters. The molecule has 3 heteroatoms. The molecule has 0 aromatic rings. The minimum Gasteiger partial charge on any atom is -0.391 e. The summed E-state index contributed by atoms with van der Waals surface area (Å²) in [6, 6.07) is 1.93. The molecule has 8 heavy (non-hydrogen) atoms. The molecule has 1 N–H and O–H groups in total. The Kier molecular flexibility index (Phi) is 1.77. The van der Waals surface area contributed by atoms with Crippen LogP contribution in [0.15, 0.2) is 0 Å². The van der Waals surface area contributed by atoms with Crippen molar-refractivity contribution in [3.8, 4) is 6.07 Å². The van der Waals surface area contributed by atoms with Crippen molar-refractivity contribution >= 4 is 11.8 Å². The summed E-state index contributed by atoms with van der Waals surface area (Å²) in [7, 11) is 0. The lowest BCUT2D eigenvalue weighted by Gasteiger charge is -1.97. The molecule has 44 valence electrons. The molecular weight excluding hydrogens is 122 g/mol. The largest absolute Gasteiger partial charge is 0.391 e. The van der Waals surface area contributed by atoms with Crippen LogP contribution >= 0.6 is 11.8 Å². The van der Waals surface area contributed by atoms with E-state index in [0.717, 1.165) is 5.75 Å². The molecular formula is C5H7NOS. The fraction of sp³-hybridized carbons (Fsp3) is 0.800. The summed E-state index contributed by atoms with van der Waals surface area (Å²) in [6.07, 6.45) is -0.0810. The first-order chi connectivity index (χ1) is 3.84. The molecule has 0 radical (unpaired) electrons. The highest BCUT2D eigenvalue weighted by atomic mass is 32.2. The second-order valence-corrected chi connectivity index (χ2v) is 3.07. The quantitative estimate of drug-likeness (QED) is 0.548. The molecule has 2 atom stereocenters. The lowest BCUT2D eigenvalue weighted by atomic mass is 10.2. The number of nitriles is 1. The van der Waals surface area contributed by atoms with Gasteiger partial charge in [-0.05, 0) is 0 Å². The average molecular weight is 129 g/mol. The van der Waals surface area contributed by atoms with Crippen molar-refractivity contribution in [2.75, 3.05) is 5.75 Å². The summed E-state index contributed by atoms with van der Waals surface area (Å²) < 4.78 is 0. The third-order valence-corrected chi connectivity index (χ3v) is 2.12. The number of aliphatic hydroxyl groups excluding tert-OH is 1. The second kappa shape index (κ2) is 2.38. The number of hydrogen-bond acceptors (Lipinski definition) is 3. The van der Waals surface area contributed by atoms with Gasteiger partial charge in [0, 0.05) is 11.0 Å². The van der Waals surface area contributed by atoms with Crippen molar-refractivity contribution in [2.24, 2.45) is 0 Å². The smallest absolute Gasteiger partial charge is 0.0796 e. The Morgan fingerprint density at radius 2 is 2.62 bits per heavy atom. The zero-order valence-corrected chi connectivity index (χ0v) is 5.19. The number of thioether (sulfide) groups is 1. The molecule has 1 saturated heterocycles. The van der Waals surface area contributed by atoms with Crippen LogP contribution in [0.25, 0.3) is 0 Å². The minimum atomic E-state index is -0.370. The predicted octanol–water partition coefficient (Wildman–Crippen LogP) is 0.376. The van der Waals surface area contributed by atoms with Crippen LogP contribution in [0.4, 0.5) is 0 Å². The zero-order valence-electron chi connectivity index (χ0n) is 4.37. The Morgan fingerprint density at radius 3 is 3.00 bits per heavy atom. The molecule has 1 aliphatic heterocycles. The van der Waals surface area contributed by atoms with Crippen molar-refractivity contribution in [3.63, 3.8) is 0 Å². The molecule has 0 bridgehead atoms. The summed E-state index contributed by atoms with van der Waals surface area (Å²) in [5, 5.41) is 17.4. The van der Waals surface area contributed by atoms with Gasteiger partial charge in [-0.2, -0.15) is 17.0 Å². The maximum absolute atomic E-state index is 8.95. The van der Waals surface area contributed by atoms with Gasteiger partial charge in [-0.25, -0.2) is 0 Å². The molecule has 0 aliphatic carbocycles. The van der Waals surface area contributed by atoms with Crippen LogP contribution in [0, 0.1) is 11.3 Å². The Balaban J connectivity index is 2.15. The van der Waals surface area contributed by atoms with Gasteiger partial charge >= 0.3 is 0 Å². The van der Waals surface area contributed by atoms with Crippen molar-refractivity contribution in [1.82, 2.24) is 0 Å². The van der Waals surface area contributed by atoms with Crippen LogP contribution < -0.4 is 0 Å². The number of hydrogen-bond donors (Lipinski definition) is 1. The molecule has 1 rings (SSSR count). The Hall–Kier alpha value is -0.200. The summed E-state index contributed by atoms with van der Waals surface area (Å²) >= 11 is 1.72. The van der Waals surface area contributed by atoms with Crippen LogP contribution in [0.1, 0.15) is 6.42 Å². The van der Waals surface area contributed by atoms with E-state index >= 15 is 0 Å². The highest BCUT2D eigenvalue weighted by molar-refractivity contribution is 8.06. The number of aliphatic hydroxyl groups is 1. The Bertz CT molecular complexity index is 116. The summed E-state index contributed by atoms with van der Waals surface area (Å²) in [5.41, 5.74) is 0. The summed E-state index contributed by atoms with van der Waals surface area (Å²) in [5.74, 6) is 1.03. The minimum absolute atomic E-state index is 0.289. The third-order valence-electron chi connectivity index (χ3n) is 1.09. The fourth-order valence-electron chi connectivity index (χ4n) is 0.503. The van der Waals surface area contributed by atoms with E-state index in [1.807, 2.05) is 6.07 Å². The molecule has 1 heterocycles. The molecule has 0 aromatic carbocycles. The highest BCUT2D eigenvalue weighted by Crippen LogP contribution is 2.33. The lowest BCUT2D eigenvalue weighted by molar-refractivity contribution is 0.189. The number of nitrogens with zero attached hydrogens (tertiary/aromatic N) is 1. The number of rotatable bonds is 2. The Morgan fingerprint density at radius 1 is 2.00 bits per heavy atom. The fourth-order valence-corrected chi connectivity index (χ4v) is 1.15. The first kappa shape index (κ1) is 5.93. The van der Waals surface area contributed by atoms with Crippen LogP contribution in [0.5, 0.6) is 0 Å². The van der Waals surface area contributed by atoms with Crippen molar-refractivity contribution < 1.29 is 5.11 Å². The van der Waals surface area contributed by atoms with E-state index in [1.54, 1.807) is 11.8 Å². The van der Waals surface area contributed by atoms with Crippen molar-refractivity contribution in [2.45, 2.75) is 17.8 Å². The average Bonchev–Trinajstić information content (AvgIpc) is 2.45. The summed E-state index contributed by atoms with van der Waals surface area (Å²) in [6.45, 7) is 0. The van der Waals surface area contributed by atoms with E-state index in [4.69, 9.17) is 10.4 Å². The van der Waals surface area contributed by atoms with Gasteiger partial charge in [-0.3, -0.25) is 0 Å². The van der Waals surface area contributed by atoms with Gasteiger partial charge in [-0.15, -0.1) is 0 Å². The van der Waals surface area contributed by atoms with E-state index in [0.29, 0.717) is 5.25 Å². The second-order valence-electron chi connectivity index (χ2n) is 1.80. The van der Waals surface area contributed by atoms with E-state index in [2.05, 4.69) is 0 Å². The zero-order chi connectivity index (χ0) is 5.98. The molecule has 1 aliphatic rings. The van der Waals surface area contributed by atoms with Crippen LogP contribution in [0.3, 0.4) is 0 Å². The van der Waals surface area contributed by atoms with E-state index in [1.165, 1.54) is 0 Å². The van der Waals surface area contributed by atoms with Gasteiger partial charge in [0.25, 0.3) is 0 Å². The highest BCUT2D eigenvalue weighted by Gasteiger charge is 2.30. The summed E-state index contributed by atoms with van der Waals surface area (Å²) in [4.78, 5) is 0. The first-order valence-electron chi connectivity index (χ1n) is 2.51. The maximum Gasteiger partial charge on any atom is 0.0796 e. The predicted molar refractivity (Wildman–Crippen MR) is 32.5 cm³/mol. The Labute approximate surface area is 52.5 Å². The van der Waals surface area contributed by atoms with Crippen LogP contribution in [-0.2, 0) is 0 Å². The first-order valence-corrected chi connectivity index (χ1v) is 3.56. The standard InChI is InChI=1S/C5H7NOS/c6-2-1-4(7)5-3-8-5/h4-5,7H,1,3H2/t4-,5+/m1/s1. The van der Waals surface area contributed by atoms with Gasteiger partial charge in [-0.1, -0.05) is 0 Å². The van der Waals surface area contributed by atoms with Crippen LogP contribution in [0.2, 0.25) is 0 Å². The normalized spacial score (nSPS) is 28.8. The van der Waals surface area contributed by atoms with Crippen molar-refractivity contribution in [1.29, 1.82) is 5.26 Å². The molecule has 1 fully saturated rings. The van der Waals surface area contributed by atoms with E-state index in [9.17, 15) is 0 Å². The monoisotopic (exact) mass is 129 g/mol. The van der Waals surface area contributed by atoms with Gasteiger partial charge < -0.3 is 5.11 Å². The molecule has 2 nitrogen and oxygen atoms in total. The van der Waals surface area contributed by atoms with Gasteiger partial charge in [0.15, 0.2) is 0 Å². The molecule has 0 aromatic heterocycles. The van der Waals surface area contributed by atoms with E-state index in [-0.39, 0.29) is 12.5 Å². The van der Waals surface area contributed by atoms with Gasteiger partial charge in [0.1, 0.15) is 0 Å². The SMILES string of the molecule is N#CC[C@@H](O)[C@@H]1CS1. The van der Waals surface area contributed by atoms with Crippen molar-refractivity contribution in [3.05, 3.63) is 0 Å². The maximum atomic E-state index is 8.95. The topological polar surface area (TPSA) is 44.0 Å². The van der Waals surface area contributed by atoms with Gasteiger partial charge in [0.05, 0.1) is 18.6 Å². The van der Waals surface area contributed by atoms with E-state index < -0.39 is 0 Å². The lowest BCUT2D eigenvalue weighted by Crippen LogP contribution is -2.11. The van der Waals surface area contributed by atoms with Crippen LogP contribution in [-0.4, -0.2) is 22.2 Å². The molecule has 0 spiro atoms. The van der Waals surface area contributed by atoms with Gasteiger partial charge in [0.2, 0.25) is 0 Å².